The summed E-state index contributed by atoms with van der Waals surface area (Å²) in [5.41, 5.74) is 2.07. The average Bonchev–Trinajstić information content (AvgIpc) is 2.77. The van der Waals surface area contributed by atoms with E-state index < -0.39 is 0 Å². The van der Waals surface area contributed by atoms with Gasteiger partial charge in [-0.1, -0.05) is 32.9 Å². The fourth-order valence-corrected chi connectivity index (χ4v) is 4.48. The molecule has 2 aliphatic rings. The molecule has 2 fully saturated rings. The van der Waals surface area contributed by atoms with E-state index in [0.29, 0.717) is 12.0 Å². The molecule has 0 aliphatic carbocycles. The second kappa shape index (κ2) is 10.2. The van der Waals surface area contributed by atoms with E-state index in [9.17, 15) is 9.59 Å². The first-order chi connectivity index (χ1) is 14.0. The van der Waals surface area contributed by atoms with Gasteiger partial charge in [-0.15, -0.1) is 0 Å². The molecular weight excluding hydrogens is 362 g/mol. The average molecular weight is 400 g/mol. The molecule has 0 bridgehead atoms. The molecule has 0 radical (unpaired) electrons. The van der Waals surface area contributed by atoms with Crippen LogP contribution in [-0.4, -0.2) is 60.4 Å². The Morgan fingerprint density at radius 3 is 2.17 bits per heavy atom. The van der Waals surface area contributed by atoms with E-state index in [4.69, 9.17) is 0 Å². The Labute approximate surface area is 175 Å². The zero-order valence-electron chi connectivity index (χ0n) is 18.3. The van der Waals surface area contributed by atoms with Gasteiger partial charge in [0, 0.05) is 37.2 Å². The highest BCUT2D eigenvalue weighted by atomic mass is 16.2. The summed E-state index contributed by atoms with van der Waals surface area (Å²) in [6.45, 7) is 10.8. The number of aryl methyl sites for hydroxylation is 1. The summed E-state index contributed by atoms with van der Waals surface area (Å²) in [7, 11) is 0. The molecule has 1 aromatic rings. The summed E-state index contributed by atoms with van der Waals surface area (Å²) in [6, 6.07) is 8.58. The molecule has 0 saturated carbocycles. The first kappa shape index (κ1) is 21.8. The molecule has 29 heavy (non-hydrogen) atoms. The maximum atomic E-state index is 12.8. The van der Waals surface area contributed by atoms with E-state index in [0.717, 1.165) is 70.4 Å². The summed E-state index contributed by atoms with van der Waals surface area (Å²) in [5, 5.41) is 3.09. The second-order valence-electron chi connectivity index (χ2n) is 9.02. The number of carbonyl (C=O) groups excluding carboxylic acids is 2. The Kier molecular flexibility index (Phi) is 7.70. The van der Waals surface area contributed by atoms with Crippen LogP contribution < -0.4 is 5.32 Å². The Morgan fingerprint density at radius 1 is 1.00 bits per heavy atom. The third-order valence-corrected chi connectivity index (χ3v) is 6.46. The van der Waals surface area contributed by atoms with Crippen LogP contribution in [0.4, 0.5) is 0 Å². The van der Waals surface area contributed by atoms with Crippen molar-refractivity contribution in [2.24, 2.45) is 11.8 Å². The van der Waals surface area contributed by atoms with E-state index in [1.807, 2.05) is 17.0 Å². The van der Waals surface area contributed by atoms with Crippen molar-refractivity contribution in [2.45, 2.75) is 58.9 Å². The second-order valence-corrected chi connectivity index (χ2v) is 9.02. The maximum absolute atomic E-state index is 12.8. The van der Waals surface area contributed by atoms with Crippen molar-refractivity contribution in [1.82, 2.24) is 15.1 Å². The minimum absolute atomic E-state index is 0.159. The fraction of sp³-hybridized carbons (Fsp3) is 0.667. The third kappa shape index (κ3) is 5.81. The minimum atomic E-state index is 0.159. The third-order valence-electron chi connectivity index (χ3n) is 6.46. The standard InChI is InChI=1S/C24H37N3O2/c1-4-19-5-7-21(8-6-19)24(29)27-15-11-22(12-16-27)26-13-9-20(10-14-26)23(28)25-17-18(2)3/h5-8,18,20,22H,4,9-17H2,1-3H3,(H,25,28). The van der Waals surface area contributed by atoms with Crippen molar-refractivity contribution in [2.75, 3.05) is 32.7 Å². The fourth-order valence-electron chi connectivity index (χ4n) is 4.48. The SMILES string of the molecule is CCc1ccc(C(=O)N2CCC(N3CCC(C(=O)NCC(C)C)CC3)CC2)cc1. The summed E-state index contributed by atoms with van der Waals surface area (Å²) >= 11 is 0. The Bertz CT molecular complexity index is 670. The van der Waals surface area contributed by atoms with E-state index in [1.165, 1.54) is 5.56 Å². The van der Waals surface area contributed by atoms with Crippen molar-refractivity contribution in [3.8, 4) is 0 Å². The van der Waals surface area contributed by atoms with Gasteiger partial charge in [0.15, 0.2) is 0 Å². The van der Waals surface area contributed by atoms with Crippen LogP contribution >= 0.6 is 0 Å². The number of benzene rings is 1. The molecule has 2 amide bonds. The first-order valence-corrected chi connectivity index (χ1v) is 11.4. The van der Waals surface area contributed by atoms with Crippen molar-refractivity contribution >= 4 is 11.8 Å². The van der Waals surface area contributed by atoms with Crippen LogP contribution in [0.1, 0.15) is 62.4 Å². The Hall–Kier alpha value is -1.88. The number of rotatable bonds is 6. The highest BCUT2D eigenvalue weighted by Gasteiger charge is 2.31. The number of amides is 2. The lowest BCUT2D eigenvalue weighted by Crippen LogP contribution is -2.50. The van der Waals surface area contributed by atoms with Gasteiger partial charge in [-0.2, -0.15) is 0 Å². The van der Waals surface area contributed by atoms with Crippen LogP contribution in [0.2, 0.25) is 0 Å². The van der Waals surface area contributed by atoms with Crippen LogP contribution in [-0.2, 0) is 11.2 Å². The number of piperidine rings is 2. The zero-order chi connectivity index (χ0) is 20.8. The van der Waals surface area contributed by atoms with E-state index in [-0.39, 0.29) is 17.7 Å². The number of hydrogen-bond acceptors (Lipinski definition) is 3. The summed E-state index contributed by atoms with van der Waals surface area (Å²) in [5.74, 6) is 1.05. The molecule has 5 heteroatoms. The lowest BCUT2D eigenvalue weighted by Gasteiger charge is -2.41. The number of nitrogens with one attached hydrogen (secondary N) is 1. The molecule has 5 nitrogen and oxygen atoms in total. The highest BCUT2D eigenvalue weighted by Crippen LogP contribution is 2.25. The van der Waals surface area contributed by atoms with Gasteiger partial charge >= 0.3 is 0 Å². The van der Waals surface area contributed by atoms with Crippen LogP contribution in [0.5, 0.6) is 0 Å². The molecule has 0 unspecified atom stereocenters. The normalized spacial score (nSPS) is 19.5. The first-order valence-electron chi connectivity index (χ1n) is 11.4. The molecular formula is C24H37N3O2. The highest BCUT2D eigenvalue weighted by molar-refractivity contribution is 5.94. The number of hydrogen-bond donors (Lipinski definition) is 1. The predicted molar refractivity (Wildman–Crippen MR) is 117 cm³/mol. The lowest BCUT2D eigenvalue weighted by atomic mass is 9.92. The molecule has 2 aliphatic heterocycles. The zero-order valence-corrected chi connectivity index (χ0v) is 18.3. The molecule has 0 atom stereocenters. The molecule has 0 aromatic heterocycles. The van der Waals surface area contributed by atoms with Crippen LogP contribution in [0.25, 0.3) is 0 Å². The monoisotopic (exact) mass is 399 g/mol. The smallest absolute Gasteiger partial charge is 0.253 e. The van der Waals surface area contributed by atoms with Crippen molar-refractivity contribution in [3.05, 3.63) is 35.4 Å². The Balaban J connectivity index is 1.43. The molecule has 160 valence electrons. The Morgan fingerprint density at radius 2 is 1.62 bits per heavy atom. The van der Waals surface area contributed by atoms with Crippen molar-refractivity contribution in [3.63, 3.8) is 0 Å². The number of carbonyl (C=O) groups is 2. The number of likely N-dealkylation sites (tertiary alicyclic amines) is 2. The minimum Gasteiger partial charge on any atom is -0.356 e. The summed E-state index contributed by atoms with van der Waals surface area (Å²) < 4.78 is 0. The van der Waals surface area contributed by atoms with Crippen molar-refractivity contribution < 1.29 is 9.59 Å². The van der Waals surface area contributed by atoms with E-state index >= 15 is 0 Å². The van der Waals surface area contributed by atoms with Gasteiger partial charge in [0.2, 0.25) is 5.91 Å². The van der Waals surface area contributed by atoms with Gasteiger partial charge in [-0.05, 0) is 68.8 Å². The van der Waals surface area contributed by atoms with Crippen LogP contribution in [0, 0.1) is 11.8 Å². The van der Waals surface area contributed by atoms with Gasteiger partial charge in [0.25, 0.3) is 5.91 Å². The van der Waals surface area contributed by atoms with Gasteiger partial charge < -0.3 is 15.1 Å². The molecule has 1 N–H and O–H groups in total. The topological polar surface area (TPSA) is 52.7 Å². The van der Waals surface area contributed by atoms with Gasteiger partial charge in [-0.3, -0.25) is 9.59 Å². The summed E-state index contributed by atoms with van der Waals surface area (Å²) in [6.07, 6.45) is 4.96. The van der Waals surface area contributed by atoms with E-state index in [2.05, 4.69) is 43.1 Å². The molecule has 1 aromatic carbocycles. The molecule has 2 heterocycles. The van der Waals surface area contributed by atoms with Gasteiger partial charge in [-0.25, -0.2) is 0 Å². The van der Waals surface area contributed by atoms with Crippen LogP contribution in [0.3, 0.4) is 0 Å². The quantitative estimate of drug-likeness (QED) is 0.798. The lowest BCUT2D eigenvalue weighted by molar-refractivity contribution is -0.126. The van der Waals surface area contributed by atoms with Gasteiger partial charge in [0.05, 0.1) is 0 Å². The van der Waals surface area contributed by atoms with Crippen LogP contribution in [0.15, 0.2) is 24.3 Å². The summed E-state index contributed by atoms with van der Waals surface area (Å²) in [4.78, 5) is 29.6. The largest absolute Gasteiger partial charge is 0.356 e. The molecule has 2 saturated heterocycles. The molecule has 3 rings (SSSR count). The molecule has 0 spiro atoms. The number of nitrogens with zero attached hydrogens (tertiary/aromatic N) is 2. The van der Waals surface area contributed by atoms with E-state index in [1.54, 1.807) is 0 Å². The maximum Gasteiger partial charge on any atom is 0.253 e. The van der Waals surface area contributed by atoms with Crippen molar-refractivity contribution in [1.29, 1.82) is 0 Å². The predicted octanol–water partition coefficient (Wildman–Crippen LogP) is 3.34. The van der Waals surface area contributed by atoms with Gasteiger partial charge in [0.1, 0.15) is 0 Å².